The van der Waals surface area contributed by atoms with Crippen molar-refractivity contribution in [1.82, 2.24) is 5.32 Å². The Morgan fingerprint density at radius 3 is 2.37 bits per heavy atom. The summed E-state index contributed by atoms with van der Waals surface area (Å²) in [6, 6.07) is 21.0. The minimum Gasteiger partial charge on any atom is -0.360 e. The van der Waals surface area contributed by atoms with Crippen LogP contribution in [0.25, 0.3) is 0 Å². The van der Waals surface area contributed by atoms with Crippen LogP contribution in [-0.4, -0.2) is 50.3 Å². The van der Waals surface area contributed by atoms with Crippen LogP contribution >= 0.6 is 33.2 Å². The third-order valence-electron chi connectivity index (χ3n) is 6.83. The molecule has 3 aromatic carbocycles. The van der Waals surface area contributed by atoms with Crippen LogP contribution in [0, 0.1) is 11.7 Å². The van der Waals surface area contributed by atoms with Gasteiger partial charge < -0.3 is 10.1 Å². The molecule has 4 rings (SSSR count). The molecular weight excluding hydrogens is 542 g/mol. The highest BCUT2D eigenvalue weighted by molar-refractivity contribution is 8.32. The summed E-state index contributed by atoms with van der Waals surface area (Å²) >= 11 is 12.7. The number of piperidine rings is 1. The molecule has 3 aromatic rings. The van der Waals surface area contributed by atoms with Crippen LogP contribution in [0.1, 0.15) is 29.5 Å². The number of carbonyl (C=O) groups is 1. The van der Waals surface area contributed by atoms with E-state index in [0.29, 0.717) is 28.9 Å². The van der Waals surface area contributed by atoms with E-state index in [1.807, 2.05) is 42.5 Å². The molecule has 1 amide bonds. The average molecular weight is 578 g/mol. The second-order valence-corrected chi connectivity index (χ2v) is 16.0. The van der Waals surface area contributed by atoms with Gasteiger partial charge in [-0.1, -0.05) is 53.5 Å². The van der Waals surface area contributed by atoms with Gasteiger partial charge in [-0.25, -0.2) is 14.4 Å². The van der Waals surface area contributed by atoms with E-state index >= 15 is 0 Å². The molecule has 0 aliphatic carbocycles. The van der Waals surface area contributed by atoms with Crippen molar-refractivity contribution < 1.29 is 13.9 Å². The number of hydrogen-bond acceptors (Lipinski definition) is 3. The lowest BCUT2D eigenvalue weighted by molar-refractivity contribution is -0.126. The van der Waals surface area contributed by atoms with Crippen molar-refractivity contribution in [1.29, 1.82) is 0 Å². The monoisotopic (exact) mass is 576 g/mol. The summed E-state index contributed by atoms with van der Waals surface area (Å²) in [7, 11) is -0.739. The normalized spacial score (nSPS) is 20.2. The van der Waals surface area contributed by atoms with Gasteiger partial charge in [0, 0.05) is 27.5 Å². The van der Waals surface area contributed by atoms with Gasteiger partial charge in [-0.2, -0.15) is 0 Å². The molecule has 0 saturated carbocycles. The highest BCUT2D eigenvalue weighted by Crippen LogP contribution is 2.42. The number of ether oxygens (including phenoxy) is 1. The summed E-state index contributed by atoms with van der Waals surface area (Å²) in [6.45, 7) is 1.34. The first-order valence-electron chi connectivity index (χ1n) is 12.7. The topological polar surface area (TPSA) is 41.6 Å². The van der Waals surface area contributed by atoms with E-state index in [0.717, 1.165) is 23.3 Å². The fourth-order valence-corrected chi connectivity index (χ4v) is 5.94. The van der Waals surface area contributed by atoms with Crippen molar-refractivity contribution in [2.24, 2.45) is 5.92 Å². The zero-order valence-corrected chi connectivity index (χ0v) is 24.3. The second-order valence-electron chi connectivity index (χ2n) is 10.5. The molecule has 1 aliphatic heterocycles. The first-order valence-corrected chi connectivity index (χ1v) is 16.5. The predicted molar refractivity (Wildman–Crippen MR) is 159 cm³/mol. The van der Waals surface area contributed by atoms with Gasteiger partial charge in [0.15, 0.2) is 0 Å². The van der Waals surface area contributed by atoms with Gasteiger partial charge in [-0.3, -0.25) is 9.69 Å². The molecule has 38 heavy (non-hydrogen) atoms. The minimum atomic E-state index is -0.739. The lowest BCUT2D eigenvalue weighted by Crippen LogP contribution is -2.49. The van der Waals surface area contributed by atoms with Gasteiger partial charge >= 0.3 is 0 Å². The molecule has 1 unspecified atom stereocenters. The number of nitrogens with zero attached hydrogens (tertiary/aromatic N) is 1. The molecule has 8 heteroatoms. The number of amides is 1. The smallest absolute Gasteiger partial charge is 0.234 e. The Hall–Kier alpha value is -2.09. The zero-order valence-electron chi connectivity index (χ0n) is 22.0. The SMILES string of the molecule is CS(C)(C)CCOCN(C(=O)C1[C@@H](c2cccc(F)c2)NCC[C@H]1c1cccc(Cl)c1)c1cccc(Cl)c1. The van der Waals surface area contributed by atoms with Crippen molar-refractivity contribution in [3.63, 3.8) is 0 Å². The maximum absolute atomic E-state index is 14.6. The van der Waals surface area contributed by atoms with Gasteiger partial charge in [0.1, 0.15) is 12.5 Å². The Bertz CT molecular complexity index is 1200. The number of carbonyl (C=O) groups excluding carboxylic acids is 1. The molecule has 0 spiro atoms. The van der Waals surface area contributed by atoms with Gasteiger partial charge in [0.2, 0.25) is 5.91 Å². The van der Waals surface area contributed by atoms with E-state index in [1.165, 1.54) is 12.1 Å². The molecule has 1 heterocycles. The lowest BCUT2D eigenvalue weighted by atomic mass is 9.73. The maximum atomic E-state index is 14.6. The molecule has 1 fully saturated rings. The summed E-state index contributed by atoms with van der Waals surface area (Å²) in [5, 5.41) is 4.66. The average Bonchev–Trinajstić information content (AvgIpc) is 2.87. The van der Waals surface area contributed by atoms with Crippen LogP contribution in [0.3, 0.4) is 0 Å². The Morgan fingerprint density at radius 2 is 1.68 bits per heavy atom. The molecule has 1 N–H and O–H groups in total. The molecule has 0 aromatic heterocycles. The summed E-state index contributed by atoms with van der Waals surface area (Å²) in [6.07, 6.45) is 7.45. The molecule has 0 bridgehead atoms. The number of benzene rings is 3. The van der Waals surface area contributed by atoms with Crippen LogP contribution < -0.4 is 10.2 Å². The number of halogens is 3. The van der Waals surface area contributed by atoms with E-state index in [4.69, 9.17) is 27.9 Å². The number of hydrogen-bond donors (Lipinski definition) is 1. The standard InChI is InChI=1S/C30H35Cl2FN2O2S/c1-38(2,3)16-15-37-20-35(26-12-6-10-24(32)19-26)30(36)28-27(21-7-4-9-23(31)17-21)13-14-34-29(28)22-8-5-11-25(33)18-22/h4-12,17-19,27-29,34H,13-16,20H2,1-3H3/t27-,28?,29+/m0/s1. The van der Waals surface area contributed by atoms with Crippen molar-refractivity contribution >= 4 is 44.8 Å². The molecule has 0 radical (unpaired) electrons. The summed E-state index contributed by atoms with van der Waals surface area (Å²) in [5.41, 5.74) is 2.39. The predicted octanol–water partition coefficient (Wildman–Crippen LogP) is 7.27. The first kappa shape index (κ1) is 28.9. The van der Waals surface area contributed by atoms with Crippen LogP contribution in [-0.2, 0) is 9.53 Å². The fourth-order valence-electron chi connectivity index (χ4n) is 4.94. The van der Waals surface area contributed by atoms with E-state index in [-0.39, 0.29) is 24.4 Å². The quantitative estimate of drug-likeness (QED) is 0.215. The molecule has 1 aliphatic rings. The lowest BCUT2D eigenvalue weighted by Gasteiger charge is -2.41. The minimum absolute atomic E-state index is 0.101. The maximum Gasteiger partial charge on any atom is 0.234 e. The van der Waals surface area contributed by atoms with Crippen LogP contribution in [0.5, 0.6) is 0 Å². The van der Waals surface area contributed by atoms with Crippen LogP contribution in [0.15, 0.2) is 72.8 Å². The Labute approximate surface area is 236 Å². The van der Waals surface area contributed by atoms with Crippen molar-refractivity contribution in [2.75, 3.05) is 49.3 Å². The van der Waals surface area contributed by atoms with E-state index < -0.39 is 22.0 Å². The molecular formula is C30H35Cl2FN2O2S. The summed E-state index contributed by atoms with van der Waals surface area (Å²) in [5.74, 6) is -0.162. The third-order valence-corrected chi connectivity index (χ3v) is 8.69. The largest absolute Gasteiger partial charge is 0.360 e. The molecule has 3 atom stereocenters. The van der Waals surface area contributed by atoms with Crippen molar-refractivity contribution in [3.8, 4) is 0 Å². The number of anilines is 1. The van der Waals surface area contributed by atoms with Gasteiger partial charge in [-0.05, 0) is 91.2 Å². The highest BCUT2D eigenvalue weighted by atomic mass is 35.5. The van der Waals surface area contributed by atoms with E-state index in [1.54, 1.807) is 23.1 Å². The summed E-state index contributed by atoms with van der Waals surface area (Å²) in [4.78, 5) is 16.3. The Kier molecular flexibility index (Phi) is 9.77. The van der Waals surface area contributed by atoms with E-state index in [2.05, 4.69) is 24.1 Å². The molecule has 204 valence electrons. The molecule has 4 nitrogen and oxygen atoms in total. The first-order chi connectivity index (χ1) is 18.1. The van der Waals surface area contributed by atoms with Crippen molar-refractivity contribution in [2.45, 2.75) is 18.4 Å². The Morgan fingerprint density at radius 1 is 1.00 bits per heavy atom. The van der Waals surface area contributed by atoms with E-state index in [9.17, 15) is 9.18 Å². The van der Waals surface area contributed by atoms with Crippen LogP contribution in [0.4, 0.5) is 10.1 Å². The highest BCUT2D eigenvalue weighted by Gasteiger charge is 2.42. The number of nitrogens with one attached hydrogen (secondary N) is 1. The Balaban J connectivity index is 1.74. The fraction of sp³-hybridized carbons (Fsp3) is 0.367. The molecule has 1 saturated heterocycles. The van der Waals surface area contributed by atoms with Gasteiger partial charge in [0.05, 0.1) is 12.5 Å². The van der Waals surface area contributed by atoms with Crippen molar-refractivity contribution in [3.05, 3.63) is 99.8 Å². The summed E-state index contributed by atoms with van der Waals surface area (Å²) < 4.78 is 20.4. The zero-order chi connectivity index (χ0) is 27.3. The second kappa shape index (κ2) is 12.8. The number of rotatable bonds is 9. The van der Waals surface area contributed by atoms with Gasteiger partial charge in [-0.15, -0.1) is 0 Å². The third kappa shape index (κ3) is 7.51. The van der Waals surface area contributed by atoms with Gasteiger partial charge in [0.25, 0.3) is 0 Å². The van der Waals surface area contributed by atoms with Crippen LogP contribution in [0.2, 0.25) is 10.0 Å².